The molecule has 0 atom stereocenters. The van der Waals surface area contributed by atoms with Crippen LogP contribution < -0.4 is 10.1 Å². The molecule has 1 rings (SSSR count). The maximum Gasteiger partial charge on any atom is 0.241 e. The lowest BCUT2D eigenvalue weighted by molar-refractivity contribution is -0.131. The van der Waals surface area contributed by atoms with Gasteiger partial charge in [-0.25, -0.2) is 0 Å². The third-order valence-electron chi connectivity index (χ3n) is 3.04. The summed E-state index contributed by atoms with van der Waals surface area (Å²) >= 11 is 0. The quantitative estimate of drug-likeness (QED) is 0.769. The number of ether oxygens (including phenoxy) is 1. The average Bonchev–Trinajstić information content (AvgIpc) is 2.46. The van der Waals surface area contributed by atoms with Gasteiger partial charge in [0, 0.05) is 20.6 Å². The molecule has 0 radical (unpaired) electrons. The van der Waals surface area contributed by atoms with Crippen molar-refractivity contribution in [3.63, 3.8) is 0 Å². The maximum atomic E-state index is 11.8. The number of nitrogens with zero attached hydrogens (tertiary/aromatic N) is 2. The summed E-state index contributed by atoms with van der Waals surface area (Å²) in [5.74, 6) is 0.556. The van der Waals surface area contributed by atoms with E-state index < -0.39 is 0 Å². The van der Waals surface area contributed by atoms with E-state index in [9.17, 15) is 9.59 Å². The molecule has 22 heavy (non-hydrogen) atoms. The van der Waals surface area contributed by atoms with E-state index in [1.165, 1.54) is 4.90 Å². The van der Waals surface area contributed by atoms with Crippen molar-refractivity contribution in [1.82, 2.24) is 15.1 Å². The fourth-order valence-corrected chi connectivity index (χ4v) is 1.86. The fourth-order valence-electron chi connectivity index (χ4n) is 1.86. The molecular weight excluding hydrogens is 282 g/mol. The Hall–Kier alpha value is -2.08. The highest BCUT2D eigenvalue weighted by molar-refractivity contribution is 5.85. The normalized spacial score (nSPS) is 10.4. The summed E-state index contributed by atoms with van der Waals surface area (Å²) < 4.78 is 5.39. The molecule has 0 unspecified atom stereocenters. The number of hydrogen-bond donors (Lipinski definition) is 1. The summed E-state index contributed by atoms with van der Waals surface area (Å²) in [5.41, 5.74) is 1.10. The largest absolute Gasteiger partial charge is 0.494 e. The summed E-state index contributed by atoms with van der Waals surface area (Å²) in [4.78, 5) is 26.5. The molecule has 6 nitrogen and oxygen atoms in total. The van der Waals surface area contributed by atoms with Gasteiger partial charge in [-0.15, -0.1) is 0 Å². The highest BCUT2D eigenvalue weighted by Crippen LogP contribution is 2.13. The van der Waals surface area contributed by atoms with Gasteiger partial charge < -0.3 is 15.0 Å². The van der Waals surface area contributed by atoms with E-state index in [0.29, 0.717) is 13.2 Å². The number of carbonyl (C=O) groups is 2. The van der Waals surface area contributed by atoms with E-state index in [-0.39, 0.29) is 24.9 Å². The lowest BCUT2D eigenvalue weighted by Gasteiger charge is -2.17. The average molecular weight is 307 g/mol. The molecule has 0 aliphatic heterocycles. The molecular formula is C16H25N3O3. The standard InChI is InChI=1S/C16H25N3O3/c1-5-22-14-8-6-13(7-9-14)11-19(4)12-15(20)17-10-16(21)18(2)3/h6-9H,5,10-12H2,1-4H3,(H,17,20). The molecule has 2 amide bonds. The van der Waals surface area contributed by atoms with E-state index >= 15 is 0 Å². The van der Waals surface area contributed by atoms with Crippen molar-refractivity contribution in [1.29, 1.82) is 0 Å². The number of likely N-dealkylation sites (N-methyl/N-ethyl adjacent to an activating group) is 2. The Labute approximate surface area is 132 Å². The van der Waals surface area contributed by atoms with Crippen LogP contribution in [0.15, 0.2) is 24.3 Å². The van der Waals surface area contributed by atoms with Gasteiger partial charge >= 0.3 is 0 Å². The Morgan fingerprint density at radius 1 is 1.14 bits per heavy atom. The molecule has 0 fully saturated rings. The molecule has 1 N–H and O–H groups in total. The highest BCUT2D eigenvalue weighted by Gasteiger charge is 2.10. The van der Waals surface area contributed by atoms with Crippen LogP contribution in [-0.2, 0) is 16.1 Å². The van der Waals surface area contributed by atoms with Crippen LogP contribution in [0.2, 0.25) is 0 Å². The molecule has 0 saturated carbocycles. The molecule has 1 aromatic carbocycles. The van der Waals surface area contributed by atoms with Gasteiger partial charge in [0.15, 0.2) is 0 Å². The Balaban J connectivity index is 2.37. The highest BCUT2D eigenvalue weighted by atomic mass is 16.5. The first-order chi connectivity index (χ1) is 10.4. The monoisotopic (exact) mass is 307 g/mol. The molecule has 0 aromatic heterocycles. The van der Waals surface area contributed by atoms with Crippen molar-refractivity contribution in [3.8, 4) is 5.75 Å². The molecule has 0 spiro atoms. The third kappa shape index (κ3) is 6.58. The van der Waals surface area contributed by atoms with Crippen LogP contribution in [0.5, 0.6) is 5.75 Å². The zero-order valence-corrected chi connectivity index (χ0v) is 13.8. The second-order valence-electron chi connectivity index (χ2n) is 5.31. The number of rotatable bonds is 8. The SMILES string of the molecule is CCOc1ccc(CN(C)CC(=O)NCC(=O)N(C)C)cc1. The molecule has 0 heterocycles. The smallest absolute Gasteiger partial charge is 0.241 e. The van der Waals surface area contributed by atoms with Gasteiger partial charge in [-0.05, 0) is 31.7 Å². The minimum atomic E-state index is -0.163. The summed E-state index contributed by atoms with van der Waals surface area (Å²) in [7, 11) is 5.18. The van der Waals surface area contributed by atoms with Crippen molar-refractivity contribution in [2.45, 2.75) is 13.5 Å². The van der Waals surface area contributed by atoms with Crippen LogP contribution in [0.1, 0.15) is 12.5 Å². The summed E-state index contributed by atoms with van der Waals surface area (Å²) in [6.07, 6.45) is 0. The Morgan fingerprint density at radius 2 is 1.77 bits per heavy atom. The summed E-state index contributed by atoms with van der Waals surface area (Å²) in [6.45, 7) is 3.52. The van der Waals surface area contributed by atoms with Crippen LogP contribution >= 0.6 is 0 Å². The predicted octanol–water partition coefficient (Wildman–Crippen LogP) is 0.722. The Morgan fingerprint density at radius 3 is 2.32 bits per heavy atom. The number of amides is 2. The number of nitrogens with one attached hydrogen (secondary N) is 1. The predicted molar refractivity (Wildman–Crippen MR) is 85.6 cm³/mol. The lowest BCUT2D eigenvalue weighted by Crippen LogP contribution is -2.40. The van der Waals surface area contributed by atoms with Crippen LogP contribution in [0.25, 0.3) is 0 Å². The minimum Gasteiger partial charge on any atom is -0.494 e. The Bertz CT molecular complexity index is 486. The van der Waals surface area contributed by atoms with Gasteiger partial charge in [0.05, 0.1) is 19.7 Å². The molecule has 0 bridgehead atoms. The summed E-state index contributed by atoms with van der Waals surface area (Å²) in [5, 5.41) is 2.61. The first kappa shape index (κ1) is 18.0. The van der Waals surface area contributed by atoms with Crippen LogP contribution in [0, 0.1) is 0 Å². The molecule has 0 aliphatic carbocycles. The second kappa shape index (κ2) is 9.04. The van der Waals surface area contributed by atoms with Crippen LogP contribution in [0.3, 0.4) is 0 Å². The maximum absolute atomic E-state index is 11.8. The fraction of sp³-hybridized carbons (Fsp3) is 0.500. The van der Waals surface area contributed by atoms with E-state index in [1.54, 1.807) is 14.1 Å². The van der Waals surface area contributed by atoms with E-state index in [4.69, 9.17) is 4.74 Å². The molecule has 122 valence electrons. The van der Waals surface area contributed by atoms with Gasteiger partial charge in [-0.2, -0.15) is 0 Å². The van der Waals surface area contributed by atoms with E-state index in [2.05, 4.69) is 5.32 Å². The van der Waals surface area contributed by atoms with Crippen molar-refractivity contribution < 1.29 is 14.3 Å². The minimum absolute atomic E-state index is 0.0305. The lowest BCUT2D eigenvalue weighted by atomic mass is 10.2. The summed E-state index contributed by atoms with van der Waals surface area (Å²) in [6, 6.07) is 7.80. The molecule has 6 heteroatoms. The number of benzene rings is 1. The van der Waals surface area contributed by atoms with Gasteiger partial charge in [-0.1, -0.05) is 12.1 Å². The van der Waals surface area contributed by atoms with Crippen molar-refractivity contribution in [2.24, 2.45) is 0 Å². The van der Waals surface area contributed by atoms with E-state index in [0.717, 1.165) is 11.3 Å². The molecule has 0 saturated heterocycles. The number of carbonyl (C=O) groups excluding carboxylic acids is 2. The van der Waals surface area contributed by atoms with Crippen molar-refractivity contribution in [3.05, 3.63) is 29.8 Å². The van der Waals surface area contributed by atoms with Gasteiger partial charge in [-0.3, -0.25) is 14.5 Å². The topological polar surface area (TPSA) is 61.9 Å². The number of hydrogen-bond acceptors (Lipinski definition) is 4. The van der Waals surface area contributed by atoms with Crippen LogP contribution in [0.4, 0.5) is 0 Å². The zero-order chi connectivity index (χ0) is 16.5. The van der Waals surface area contributed by atoms with Crippen LogP contribution in [-0.4, -0.2) is 62.5 Å². The van der Waals surface area contributed by atoms with Gasteiger partial charge in [0.25, 0.3) is 0 Å². The molecule has 0 aliphatic rings. The third-order valence-corrected chi connectivity index (χ3v) is 3.04. The zero-order valence-electron chi connectivity index (χ0n) is 13.8. The first-order valence-electron chi connectivity index (χ1n) is 7.29. The van der Waals surface area contributed by atoms with Crippen molar-refractivity contribution >= 4 is 11.8 Å². The van der Waals surface area contributed by atoms with E-state index in [1.807, 2.05) is 43.1 Å². The second-order valence-corrected chi connectivity index (χ2v) is 5.31. The first-order valence-corrected chi connectivity index (χ1v) is 7.29. The Kier molecular flexibility index (Phi) is 7.39. The van der Waals surface area contributed by atoms with Gasteiger partial charge in [0.1, 0.15) is 5.75 Å². The van der Waals surface area contributed by atoms with Crippen molar-refractivity contribution in [2.75, 3.05) is 40.8 Å². The molecule has 1 aromatic rings. The van der Waals surface area contributed by atoms with Gasteiger partial charge in [0.2, 0.25) is 11.8 Å².